The maximum atomic E-state index is 12.4. The lowest BCUT2D eigenvalue weighted by Gasteiger charge is -2.30. The van der Waals surface area contributed by atoms with Crippen LogP contribution in [0.5, 0.6) is 0 Å². The molecule has 0 saturated heterocycles. The SMILES string of the molecule is COCC(C)(NC(=O)c1cc2c([nH]c1=O)CC(C)(C)CC2=O)C(=O)O. The van der Waals surface area contributed by atoms with Crippen LogP contribution >= 0.6 is 0 Å². The van der Waals surface area contributed by atoms with Crippen molar-refractivity contribution in [3.8, 4) is 0 Å². The average molecular weight is 350 g/mol. The van der Waals surface area contributed by atoms with Crippen molar-refractivity contribution in [1.29, 1.82) is 0 Å². The molecule has 1 heterocycles. The molecule has 8 nitrogen and oxygen atoms in total. The van der Waals surface area contributed by atoms with Gasteiger partial charge < -0.3 is 20.1 Å². The minimum atomic E-state index is -1.69. The number of ketones is 1. The highest BCUT2D eigenvalue weighted by molar-refractivity contribution is 6.03. The number of methoxy groups -OCH3 is 1. The van der Waals surface area contributed by atoms with Crippen molar-refractivity contribution in [2.75, 3.05) is 13.7 Å². The molecule has 0 aliphatic heterocycles. The Hall–Kier alpha value is -2.48. The molecule has 136 valence electrons. The highest BCUT2D eigenvalue weighted by Gasteiger charge is 2.37. The van der Waals surface area contributed by atoms with Gasteiger partial charge in [-0.15, -0.1) is 0 Å². The molecule has 0 bridgehead atoms. The molecule has 1 unspecified atom stereocenters. The topological polar surface area (TPSA) is 126 Å². The molecule has 1 aromatic rings. The predicted molar refractivity (Wildman–Crippen MR) is 88.9 cm³/mol. The van der Waals surface area contributed by atoms with E-state index in [2.05, 4.69) is 10.3 Å². The van der Waals surface area contributed by atoms with Gasteiger partial charge in [0.1, 0.15) is 5.56 Å². The average Bonchev–Trinajstić information content (AvgIpc) is 2.45. The zero-order valence-corrected chi connectivity index (χ0v) is 14.7. The van der Waals surface area contributed by atoms with Crippen LogP contribution in [-0.4, -0.2) is 47.0 Å². The minimum absolute atomic E-state index is 0.158. The molecule has 1 atom stereocenters. The molecule has 8 heteroatoms. The van der Waals surface area contributed by atoms with Crippen LogP contribution in [0.3, 0.4) is 0 Å². The third-order valence-electron chi connectivity index (χ3n) is 4.26. The second kappa shape index (κ2) is 6.44. The number of Topliss-reactive ketones (excluding diaryl/α,β-unsaturated/α-hetero) is 1. The Morgan fingerprint density at radius 2 is 2.00 bits per heavy atom. The lowest BCUT2D eigenvalue weighted by molar-refractivity contribution is -0.145. The zero-order valence-electron chi connectivity index (χ0n) is 14.7. The van der Waals surface area contributed by atoms with Crippen LogP contribution in [0.4, 0.5) is 0 Å². The molecular weight excluding hydrogens is 328 g/mol. The fourth-order valence-electron chi connectivity index (χ4n) is 2.95. The number of fused-ring (bicyclic) bond motifs is 1. The third kappa shape index (κ3) is 3.79. The second-order valence-electron chi connectivity index (χ2n) is 7.37. The third-order valence-corrected chi connectivity index (χ3v) is 4.26. The molecule has 0 fully saturated rings. The number of aromatic nitrogens is 1. The summed E-state index contributed by atoms with van der Waals surface area (Å²) in [7, 11) is 1.31. The summed E-state index contributed by atoms with van der Waals surface area (Å²) in [6, 6.07) is 1.25. The van der Waals surface area contributed by atoms with Gasteiger partial charge in [0.05, 0.1) is 6.61 Å². The maximum Gasteiger partial charge on any atom is 0.331 e. The van der Waals surface area contributed by atoms with Crippen molar-refractivity contribution in [3.63, 3.8) is 0 Å². The summed E-state index contributed by atoms with van der Waals surface area (Å²) in [6.07, 6.45) is 0.825. The number of carbonyl (C=O) groups is 3. The van der Waals surface area contributed by atoms with Gasteiger partial charge >= 0.3 is 5.97 Å². The molecule has 2 rings (SSSR count). The molecule has 1 amide bonds. The van der Waals surface area contributed by atoms with Crippen LogP contribution in [0.25, 0.3) is 0 Å². The van der Waals surface area contributed by atoms with Crippen molar-refractivity contribution >= 4 is 17.7 Å². The molecule has 0 radical (unpaired) electrons. The van der Waals surface area contributed by atoms with E-state index in [1.54, 1.807) is 0 Å². The van der Waals surface area contributed by atoms with E-state index in [1.807, 2.05) is 13.8 Å². The van der Waals surface area contributed by atoms with Crippen LogP contribution in [-0.2, 0) is 16.0 Å². The number of aromatic amines is 1. The first-order valence-corrected chi connectivity index (χ1v) is 7.83. The van der Waals surface area contributed by atoms with E-state index in [1.165, 1.54) is 20.1 Å². The number of pyridine rings is 1. The van der Waals surface area contributed by atoms with E-state index in [9.17, 15) is 24.3 Å². The largest absolute Gasteiger partial charge is 0.479 e. The van der Waals surface area contributed by atoms with Crippen LogP contribution in [0, 0.1) is 5.41 Å². The van der Waals surface area contributed by atoms with Crippen molar-refractivity contribution in [3.05, 3.63) is 33.2 Å². The Morgan fingerprint density at radius 1 is 1.36 bits per heavy atom. The number of nitrogens with one attached hydrogen (secondary N) is 2. The molecule has 25 heavy (non-hydrogen) atoms. The minimum Gasteiger partial charge on any atom is -0.479 e. The number of H-pyrrole nitrogens is 1. The standard InChI is InChI=1S/C17H22N2O6/c1-16(2)6-11-9(12(20)7-16)5-10(13(21)18-11)14(22)19-17(3,8-25-4)15(23)24/h5H,6-8H2,1-4H3,(H,18,21)(H,19,22)(H,23,24). The Morgan fingerprint density at radius 3 is 2.56 bits per heavy atom. The number of ether oxygens (including phenoxy) is 1. The van der Waals surface area contributed by atoms with E-state index in [-0.39, 0.29) is 23.4 Å². The molecule has 1 aromatic heterocycles. The lowest BCUT2D eigenvalue weighted by Crippen LogP contribution is -2.56. The number of hydrogen-bond donors (Lipinski definition) is 3. The molecule has 1 aliphatic rings. The molecule has 0 spiro atoms. The van der Waals surface area contributed by atoms with E-state index in [0.29, 0.717) is 24.1 Å². The van der Waals surface area contributed by atoms with Gasteiger partial charge in [-0.05, 0) is 24.8 Å². The first-order chi connectivity index (χ1) is 11.5. The van der Waals surface area contributed by atoms with Gasteiger partial charge in [0.15, 0.2) is 11.3 Å². The molecule has 1 aliphatic carbocycles. The summed E-state index contributed by atoms with van der Waals surface area (Å²) in [4.78, 5) is 51.0. The Bertz CT molecular complexity index is 795. The second-order valence-corrected chi connectivity index (χ2v) is 7.37. The number of carbonyl (C=O) groups excluding carboxylic acids is 2. The van der Waals surface area contributed by atoms with Crippen LogP contribution in [0.15, 0.2) is 10.9 Å². The fourth-order valence-corrected chi connectivity index (χ4v) is 2.95. The van der Waals surface area contributed by atoms with Gasteiger partial charge in [-0.25, -0.2) is 4.79 Å². The van der Waals surface area contributed by atoms with Gasteiger partial charge in [-0.1, -0.05) is 13.8 Å². The highest BCUT2D eigenvalue weighted by atomic mass is 16.5. The Labute approximate surface area is 144 Å². The summed E-state index contributed by atoms with van der Waals surface area (Å²) in [5, 5.41) is 11.6. The fraction of sp³-hybridized carbons (Fsp3) is 0.529. The molecule has 0 saturated carbocycles. The highest BCUT2D eigenvalue weighted by Crippen LogP contribution is 2.33. The van der Waals surface area contributed by atoms with Gasteiger partial charge in [0.2, 0.25) is 0 Å². The number of amides is 1. The van der Waals surface area contributed by atoms with Crippen LogP contribution in [0.2, 0.25) is 0 Å². The van der Waals surface area contributed by atoms with E-state index < -0.39 is 23.0 Å². The summed E-state index contributed by atoms with van der Waals surface area (Å²) in [6.45, 7) is 4.85. The van der Waals surface area contributed by atoms with Crippen LogP contribution in [0.1, 0.15) is 53.6 Å². The summed E-state index contributed by atoms with van der Waals surface area (Å²) >= 11 is 0. The summed E-state index contributed by atoms with van der Waals surface area (Å²) < 4.78 is 4.83. The Kier molecular flexibility index (Phi) is 4.85. The van der Waals surface area contributed by atoms with Crippen molar-refractivity contribution in [1.82, 2.24) is 10.3 Å². The summed E-state index contributed by atoms with van der Waals surface area (Å²) in [5.74, 6) is -2.33. The normalized spacial score (nSPS) is 18.2. The smallest absolute Gasteiger partial charge is 0.331 e. The monoisotopic (exact) mass is 350 g/mol. The number of rotatable bonds is 5. The summed E-state index contributed by atoms with van der Waals surface area (Å²) in [5.41, 5.74) is -2.12. The van der Waals surface area contributed by atoms with Crippen molar-refractivity contribution in [2.45, 2.75) is 39.2 Å². The van der Waals surface area contributed by atoms with E-state index in [0.717, 1.165) is 0 Å². The van der Waals surface area contributed by atoms with Crippen molar-refractivity contribution in [2.24, 2.45) is 5.41 Å². The van der Waals surface area contributed by atoms with Gasteiger partial charge in [-0.3, -0.25) is 14.4 Å². The Balaban J connectivity index is 2.40. The lowest BCUT2D eigenvalue weighted by atomic mass is 9.75. The zero-order chi connectivity index (χ0) is 19.0. The van der Waals surface area contributed by atoms with Crippen molar-refractivity contribution < 1.29 is 24.2 Å². The number of aliphatic carboxylic acids is 1. The van der Waals surface area contributed by atoms with Gasteiger partial charge in [-0.2, -0.15) is 0 Å². The molecule has 0 aromatic carbocycles. The number of carboxylic acid groups (broad SMARTS) is 1. The van der Waals surface area contributed by atoms with Gasteiger partial charge in [0.25, 0.3) is 11.5 Å². The number of hydrogen-bond acceptors (Lipinski definition) is 5. The van der Waals surface area contributed by atoms with Crippen LogP contribution < -0.4 is 10.9 Å². The maximum absolute atomic E-state index is 12.4. The molecular formula is C17H22N2O6. The first-order valence-electron chi connectivity index (χ1n) is 7.83. The quantitative estimate of drug-likeness (QED) is 0.719. The predicted octanol–water partition coefficient (Wildman–Crippen LogP) is 0.750. The number of carboxylic acids is 1. The van der Waals surface area contributed by atoms with Gasteiger partial charge in [0, 0.05) is 24.8 Å². The molecule has 3 N–H and O–H groups in total. The van der Waals surface area contributed by atoms with E-state index >= 15 is 0 Å². The first kappa shape index (κ1) is 18.9. The van der Waals surface area contributed by atoms with E-state index in [4.69, 9.17) is 4.74 Å².